The zero-order valence-electron chi connectivity index (χ0n) is 18.1. The zero-order chi connectivity index (χ0) is 21.9. The van der Waals surface area contributed by atoms with Crippen molar-refractivity contribution in [3.8, 4) is 17.2 Å². The second kappa shape index (κ2) is 12.1. The lowest BCUT2D eigenvalue weighted by Crippen LogP contribution is -2.39. The Bertz CT molecular complexity index is 862. The summed E-state index contributed by atoms with van der Waals surface area (Å²) in [5.41, 5.74) is 11.1. The van der Waals surface area contributed by atoms with Gasteiger partial charge in [-0.05, 0) is 53.8 Å². The first-order valence-corrected chi connectivity index (χ1v) is 10.5. The van der Waals surface area contributed by atoms with E-state index in [1.165, 1.54) is 0 Å². The second-order valence-electron chi connectivity index (χ2n) is 7.35. The van der Waals surface area contributed by atoms with E-state index in [9.17, 15) is 0 Å². The third kappa shape index (κ3) is 6.79. The van der Waals surface area contributed by atoms with Gasteiger partial charge in [-0.3, -0.25) is 0 Å². The van der Waals surface area contributed by atoms with Crippen molar-refractivity contribution in [1.29, 1.82) is 0 Å². The lowest BCUT2D eigenvalue weighted by molar-refractivity contribution is 0.0159. The standard InChI is InChI=1S/C23H30N4O4/c1-28-22-10-4-17(15-23(22)29-2)3-9-21(26-27-24)18-5-7-19(8-6-18)30-13-11-20-16-25-12-14-31-20/h4-8,10,15,20-21,25H,3,9,11-14,16H2,1-2H3. The normalized spacial score (nSPS) is 16.8. The summed E-state index contributed by atoms with van der Waals surface area (Å²) < 4.78 is 22.2. The molecule has 8 nitrogen and oxygen atoms in total. The lowest BCUT2D eigenvalue weighted by Gasteiger charge is -2.23. The van der Waals surface area contributed by atoms with E-state index in [0.717, 1.165) is 49.4 Å². The average molecular weight is 427 g/mol. The van der Waals surface area contributed by atoms with Crippen LogP contribution in [0.2, 0.25) is 0 Å². The topological polar surface area (TPSA) is 97.7 Å². The fourth-order valence-electron chi connectivity index (χ4n) is 3.59. The Labute approximate surface area is 183 Å². The Balaban J connectivity index is 1.55. The summed E-state index contributed by atoms with van der Waals surface area (Å²) in [4.78, 5) is 3.04. The molecule has 0 aliphatic carbocycles. The fourth-order valence-corrected chi connectivity index (χ4v) is 3.59. The average Bonchev–Trinajstić information content (AvgIpc) is 2.82. The number of morpholine rings is 1. The van der Waals surface area contributed by atoms with Gasteiger partial charge in [0.1, 0.15) is 5.75 Å². The molecule has 0 aromatic heterocycles. The SMILES string of the molecule is COc1ccc(CCC(N=[N+]=[N-])c2ccc(OCCC3CNCCO3)cc2)cc1OC. The predicted octanol–water partition coefficient (Wildman–Crippen LogP) is 4.45. The molecule has 1 N–H and O–H groups in total. The number of nitrogens with one attached hydrogen (secondary N) is 1. The molecule has 1 fully saturated rings. The van der Waals surface area contributed by atoms with Crippen LogP contribution in [0.15, 0.2) is 47.6 Å². The molecule has 31 heavy (non-hydrogen) atoms. The quantitative estimate of drug-likeness (QED) is 0.325. The molecule has 1 saturated heterocycles. The molecule has 0 spiro atoms. The van der Waals surface area contributed by atoms with Gasteiger partial charge in [0.15, 0.2) is 11.5 Å². The van der Waals surface area contributed by atoms with E-state index in [1.807, 2.05) is 42.5 Å². The Morgan fingerprint density at radius 2 is 1.97 bits per heavy atom. The molecule has 166 valence electrons. The van der Waals surface area contributed by atoms with Crippen LogP contribution in [0.5, 0.6) is 17.2 Å². The van der Waals surface area contributed by atoms with Crippen molar-refractivity contribution >= 4 is 0 Å². The van der Waals surface area contributed by atoms with E-state index in [1.54, 1.807) is 14.2 Å². The van der Waals surface area contributed by atoms with Gasteiger partial charge in [0.05, 0.1) is 39.6 Å². The number of azide groups is 1. The molecule has 2 aromatic carbocycles. The highest BCUT2D eigenvalue weighted by molar-refractivity contribution is 5.43. The molecule has 8 heteroatoms. The van der Waals surface area contributed by atoms with E-state index in [-0.39, 0.29) is 12.1 Å². The first-order chi connectivity index (χ1) is 15.2. The molecule has 0 bridgehead atoms. The third-order valence-electron chi connectivity index (χ3n) is 5.32. The summed E-state index contributed by atoms with van der Waals surface area (Å²) in [7, 11) is 3.23. The summed E-state index contributed by atoms with van der Waals surface area (Å²) in [5, 5.41) is 7.32. The summed E-state index contributed by atoms with van der Waals surface area (Å²) in [5.74, 6) is 2.18. The van der Waals surface area contributed by atoms with E-state index in [4.69, 9.17) is 24.5 Å². The number of rotatable bonds is 11. The van der Waals surface area contributed by atoms with Gasteiger partial charge in [-0.25, -0.2) is 0 Å². The molecule has 0 amide bonds. The van der Waals surface area contributed by atoms with Crippen LogP contribution in [0.3, 0.4) is 0 Å². The number of benzene rings is 2. The first-order valence-electron chi connectivity index (χ1n) is 10.5. The number of aryl methyl sites for hydroxylation is 1. The van der Waals surface area contributed by atoms with Gasteiger partial charge < -0.3 is 24.3 Å². The van der Waals surface area contributed by atoms with Gasteiger partial charge in [-0.1, -0.05) is 23.3 Å². The molecular formula is C23H30N4O4. The molecule has 0 radical (unpaired) electrons. The molecule has 1 heterocycles. The second-order valence-corrected chi connectivity index (χ2v) is 7.35. The van der Waals surface area contributed by atoms with E-state index >= 15 is 0 Å². The predicted molar refractivity (Wildman–Crippen MR) is 119 cm³/mol. The highest BCUT2D eigenvalue weighted by Crippen LogP contribution is 2.30. The zero-order valence-corrected chi connectivity index (χ0v) is 18.1. The molecule has 1 aliphatic heterocycles. The highest BCUT2D eigenvalue weighted by Gasteiger charge is 2.14. The number of nitrogens with zero attached hydrogens (tertiary/aromatic N) is 3. The Morgan fingerprint density at radius 1 is 1.16 bits per heavy atom. The summed E-state index contributed by atoms with van der Waals surface area (Å²) in [6.07, 6.45) is 2.49. The van der Waals surface area contributed by atoms with Crippen LogP contribution in [0.1, 0.15) is 30.0 Å². The van der Waals surface area contributed by atoms with Crippen molar-refractivity contribution in [2.24, 2.45) is 5.11 Å². The molecule has 1 aliphatic rings. The van der Waals surface area contributed by atoms with Crippen LogP contribution < -0.4 is 19.5 Å². The van der Waals surface area contributed by atoms with Crippen LogP contribution in [-0.4, -0.2) is 46.6 Å². The van der Waals surface area contributed by atoms with Gasteiger partial charge in [-0.2, -0.15) is 0 Å². The van der Waals surface area contributed by atoms with Gasteiger partial charge in [0, 0.05) is 24.4 Å². The van der Waals surface area contributed by atoms with Gasteiger partial charge in [0.2, 0.25) is 0 Å². The highest BCUT2D eigenvalue weighted by atomic mass is 16.5. The molecular weight excluding hydrogens is 396 g/mol. The van der Waals surface area contributed by atoms with E-state index in [2.05, 4.69) is 15.3 Å². The number of hydrogen-bond donors (Lipinski definition) is 1. The van der Waals surface area contributed by atoms with Crippen LogP contribution in [0.25, 0.3) is 10.4 Å². The molecule has 2 atom stereocenters. The van der Waals surface area contributed by atoms with Gasteiger partial charge in [0.25, 0.3) is 0 Å². The van der Waals surface area contributed by atoms with Crippen LogP contribution >= 0.6 is 0 Å². The minimum Gasteiger partial charge on any atom is -0.493 e. The largest absolute Gasteiger partial charge is 0.493 e. The minimum absolute atomic E-state index is 0.207. The summed E-state index contributed by atoms with van der Waals surface area (Å²) in [6, 6.07) is 13.3. The molecule has 2 aromatic rings. The minimum atomic E-state index is -0.256. The maximum Gasteiger partial charge on any atom is 0.160 e. The monoisotopic (exact) mass is 426 g/mol. The lowest BCUT2D eigenvalue weighted by atomic mass is 9.99. The molecule has 2 unspecified atom stereocenters. The van der Waals surface area contributed by atoms with Crippen molar-refractivity contribution < 1.29 is 18.9 Å². The van der Waals surface area contributed by atoms with Crippen molar-refractivity contribution in [3.05, 3.63) is 64.0 Å². The number of methoxy groups -OCH3 is 2. The van der Waals surface area contributed by atoms with Gasteiger partial charge >= 0.3 is 0 Å². The summed E-state index contributed by atoms with van der Waals surface area (Å²) >= 11 is 0. The third-order valence-corrected chi connectivity index (χ3v) is 5.32. The van der Waals surface area contributed by atoms with Crippen LogP contribution in [0.4, 0.5) is 0 Å². The van der Waals surface area contributed by atoms with E-state index in [0.29, 0.717) is 24.5 Å². The Hall–Kier alpha value is -2.93. The molecule has 0 saturated carbocycles. The fraction of sp³-hybridized carbons (Fsp3) is 0.478. The Morgan fingerprint density at radius 3 is 2.65 bits per heavy atom. The first kappa shape index (κ1) is 22.7. The maximum atomic E-state index is 9.02. The van der Waals surface area contributed by atoms with E-state index < -0.39 is 0 Å². The van der Waals surface area contributed by atoms with Crippen molar-refractivity contribution in [1.82, 2.24) is 5.32 Å². The smallest absolute Gasteiger partial charge is 0.160 e. The molecule has 3 rings (SSSR count). The summed E-state index contributed by atoms with van der Waals surface area (Å²) in [6.45, 7) is 3.14. The van der Waals surface area contributed by atoms with Crippen molar-refractivity contribution in [3.63, 3.8) is 0 Å². The van der Waals surface area contributed by atoms with Crippen molar-refractivity contribution in [2.75, 3.05) is 40.5 Å². The van der Waals surface area contributed by atoms with Crippen LogP contribution in [-0.2, 0) is 11.2 Å². The number of hydrogen-bond acceptors (Lipinski definition) is 6. The van der Waals surface area contributed by atoms with Gasteiger partial charge in [-0.15, -0.1) is 0 Å². The Kier molecular flexibility index (Phi) is 8.84. The van der Waals surface area contributed by atoms with Crippen molar-refractivity contribution in [2.45, 2.75) is 31.4 Å². The number of ether oxygens (including phenoxy) is 4. The maximum absolute atomic E-state index is 9.02. The van der Waals surface area contributed by atoms with Crippen LogP contribution in [0, 0.1) is 0 Å².